The summed E-state index contributed by atoms with van der Waals surface area (Å²) in [6.07, 6.45) is 4.54. The lowest BCUT2D eigenvalue weighted by atomic mass is 9.92. The molecule has 1 aliphatic carbocycles. The van der Waals surface area contributed by atoms with E-state index < -0.39 is 0 Å². The molecule has 0 aromatic heterocycles. The molecule has 1 amide bonds. The first-order valence-electron chi connectivity index (χ1n) is 7.98. The van der Waals surface area contributed by atoms with Crippen LogP contribution in [0.5, 0.6) is 11.5 Å². The Kier molecular flexibility index (Phi) is 4.52. The molecule has 1 aliphatic heterocycles. The van der Waals surface area contributed by atoms with Gasteiger partial charge in [-0.05, 0) is 57.7 Å². The van der Waals surface area contributed by atoms with Crippen LogP contribution < -0.4 is 14.8 Å². The minimum absolute atomic E-state index is 0.0495. The lowest BCUT2D eigenvalue weighted by molar-refractivity contribution is -0.0159. The zero-order valence-electron chi connectivity index (χ0n) is 13.1. The Morgan fingerprint density at radius 2 is 1.91 bits per heavy atom. The second kappa shape index (κ2) is 6.57. The van der Waals surface area contributed by atoms with Crippen molar-refractivity contribution in [3.63, 3.8) is 0 Å². The van der Waals surface area contributed by atoms with Crippen molar-refractivity contribution in [2.45, 2.75) is 57.8 Å². The third-order valence-electron chi connectivity index (χ3n) is 4.11. The van der Waals surface area contributed by atoms with Crippen molar-refractivity contribution in [3.05, 3.63) is 23.8 Å². The van der Waals surface area contributed by atoms with E-state index in [1.165, 1.54) is 0 Å². The number of carbonyl (C=O) groups is 1. The van der Waals surface area contributed by atoms with Gasteiger partial charge in [-0.2, -0.15) is 0 Å². The zero-order valence-corrected chi connectivity index (χ0v) is 13.1. The second-order valence-corrected chi connectivity index (χ2v) is 6.20. The Labute approximate surface area is 130 Å². The van der Waals surface area contributed by atoms with E-state index in [4.69, 9.17) is 14.2 Å². The topological polar surface area (TPSA) is 56.8 Å². The van der Waals surface area contributed by atoms with Gasteiger partial charge in [-0.15, -0.1) is 0 Å². The summed E-state index contributed by atoms with van der Waals surface area (Å²) < 4.78 is 16.4. The van der Waals surface area contributed by atoms with Crippen LogP contribution in [0.1, 0.15) is 49.9 Å². The largest absolute Gasteiger partial charge is 0.454 e. The van der Waals surface area contributed by atoms with E-state index in [1.54, 1.807) is 18.2 Å². The molecular weight excluding hydrogens is 282 g/mol. The van der Waals surface area contributed by atoms with E-state index >= 15 is 0 Å². The third kappa shape index (κ3) is 3.53. The fourth-order valence-electron chi connectivity index (χ4n) is 3.03. The van der Waals surface area contributed by atoms with Gasteiger partial charge >= 0.3 is 0 Å². The molecule has 2 aliphatic rings. The van der Waals surface area contributed by atoms with Crippen molar-refractivity contribution in [2.75, 3.05) is 6.79 Å². The van der Waals surface area contributed by atoms with Crippen LogP contribution in [0.2, 0.25) is 0 Å². The first-order chi connectivity index (χ1) is 10.6. The molecule has 120 valence electrons. The lowest BCUT2D eigenvalue weighted by Gasteiger charge is -2.30. The van der Waals surface area contributed by atoms with Crippen LogP contribution in [0.4, 0.5) is 0 Å². The molecule has 0 saturated heterocycles. The molecule has 0 unspecified atom stereocenters. The van der Waals surface area contributed by atoms with Gasteiger partial charge in [-0.3, -0.25) is 4.79 Å². The molecule has 0 atom stereocenters. The number of benzene rings is 1. The normalized spacial score (nSPS) is 23.6. The highest BCUT2D eigenvalue weighted by Crippen LogP contribution is 2.32. The van der Waals surface area contributed by atoms with E-state index in [-0.39, 0.29) is 24.8 Å². The molecule has 5 nitrogen and oxygen atoms in total. The third-order valence-corrected chi connectivity index (χ3v) is 4.11. The SMILES string of the molecule is CC(C)OC1CCC(NC(=O)c2ccc3c(c2)OCO3)CC1. The van der Waals surface area contributed by atoms with E-state index in [1.807, 2.05) is 0 Å². The number of carbonyl (C=O) groups excluding carboxylic acids is 1. The van der Waals surface area contributed by atoms with Gasteiger partial charge < -0.3 is 19.5 Å². The van der Waals surface area contributed by atoms with Crippen molar-refractivity contribution < 1.29 is 19.0 Å². The van der Waals surface area contributed by atoms with Crippen molar-refractivity contribution in [1.29, 1.82) is 0 Å². The quantitative estimate of drug-likeness (QED) is 0.929. The summed E-state index contributed by atoms with van der Waals surface area (Å²) >= 11 is 0. The predicted octanol–water partition coefficient (Wildman–Crippen LogP) is 2.88. The Morgan fingerprint density at radius 3 is 2.64 bits per heavy atom. The van der Waals surface area contributed by atoms with Gasteiger partial charge in [0.15, 0.2) is 11.5 Å². The van der Waals surface area contributed by atoms with Crippen LogP contribution >= 0.6 is 0 Å². The molecule has 1 heterocycles. The number of rotatable bonds is 4. The van der Waals surface area contributed by atoms with E-state index in [2.05, 4.69) is 19.2 Å². The summed E-state index contributed by atoms with van der Waals surface area (Å²) in [5, 5.41) is 3.11. The van der Waals surface area contributed by atoms with Crippen LogP contribution in [0.25, 0.3) is 0 Å². The highest BCUT2D eigenvalue weighted by atomic mass is 16.7. The zero-order chi connectivity index (χ0) is 15.5. The summed E-state index contributed by atoms with van der Waals surface area (Å²) in [5.74, 6) is 1.29. The minimum atomic E-state index is -0.0495. The number of ether oxygens (including phenoxy) is 3. The fourth-order valence-corrected chi connectivity index (χ4v) is 3.03. The average Bonchev–Trinajstić information content (AvgIpc) is 2.96. The molecule has 1 N–H and O–H groups in total. The summed E-state index contributed by atoms with van der Waals surface area (Å²) in [6, 6.07) is 5.52. The second-order valence-electron chi connectivity index (χ2n) is 6.20. The van der Waals surface area contributed by atoms with Gasteiger partial charge in [-0.25, -0.2) is 0 Å². The van der Waals surface area contributed by atoms with E-state index in [9.17, 15) is 4.79 Å². The highest BCUT2D eigenvalue weighted by molar-refractivity contribution is 5.95. The molecule has 3 rings (SSSR count). The minimum Gasteiger partial charge on any atom is -0.454 e. The smallest absolute Gasteiger partial charge is 0.251 e. The molecule has 1 saturated carbocycles. The van der Waals surface area contributed by atoms with Crippen LogP contribution in [0, 0.1) is 0 Å². The molecular formula is C17H23NO4. The monoisotopic (exact) mass is 305 g/mol. The molecule has 1 aromatic carbocycles. The number of hydrogen-bond acceptors (Lipinski definition) is 4. The van der Waals surface area contributed by atoms with Crippen LogP contribution in [0.15, 0.2) is 18.2 Å². The fraction of sp³-hybridized carbons (Fsp3) is 0.588. The number of amides is 1. The summed E-state index contributed by atoms with van der Waals surface area (Å²) in [6.45, 7) is 4.35. The Balaban J connectivity index is 1.52. The van der Waals surface area contributed by atoms with Gasteiger partial charge in [0.2, 0.25) is 6.79 Å². The lowest BCUT2D eigenvalue weighted by Crippen LogP contribution is -2.39. The maximum Gasteiger partial charge on any atom is 0.251 e. The predicted molar refractivity (Wildman–Crippen MR) is 82.3 cm³/mol. The Morgan fingerprint density at radius 1 is 1.18 bits per heavy atom. The number of nitrogens with one attached hydrogen (secondary N) is 1. The molecule has 0 bridgehead atoms. The van der Waals surface area contributed by atoms with Crippen molar-refractivity contribution in [1.82, 2.24) is 5.32 Å². The molecule has 22 heavy (non-hydrogen) atoms. The Bertz CT molecular complexity index is 535. The van der Waals surface area contributed by atoms with E-state index in [0.29, 0.717) is 23.2 Å². The molecule has 0 spiro atoms. The number of fused-ring (bicyclic) bond motifs is 1. The van der Waals surface area contributed by atoms with Gasteiger partial charge in [-0.1, -0.05) is 0 Å². The van der Waals surface area contributed by atoms with Crippen molar-refractivity contribution in [3.8, 4) is 11.5 Å². The molecule has 5 heteroatoms. The van der Waals surface area contributed by atoms with Crippen molar-refractivity contribution >= 4 is 5.91 Å². The first kappa shape index (κ1) is 15.2. The van der Waals surface area contributed by atoms with Gasteiger partial charge in [0.1, 0.15) is 0 Å². The van der Waals surface area contributed by atoms with Gasteiger partial charge in [0.25, 0.3) is 5.91 Å². The molecule has 1 aromatic rings. The van der Waals surface area contributed by atoms with Crippen molar-refractivity contribution in [2.24, 2.45) is 0 Å². The maximum atomic E-state index is 12.3. The van der Waals surface area contributed by atoms with Crippen LogP contribution in [0.3, 0.4) is 0 Å². The summed E-state index contributed by atoms with van der Waals surface area (Å²) in [4.78, 5) is 12.3. The standard InChI is InChI=1S/C17H23NO4/c1-11(2)22-14-6-4-13(5-7-14)18-17(19)12-3-8-15-16(9-12)21-10-20-15/h3,8-9,11,13-14H,4-7,10H2,1-2H3,(H,18,19). The number of hydrogen-bond donors (Lipinski definition) is 1. The van der Waals surface area contributed by atoms with Crippen LogP contribution in [-0.4, -0.2) is 30.9 Å². The maximum absolute atomic E-state index is 12.3. The Hall–Kier alpha value is -1.75. The molecule has 1 fully saturated rings. The van der Waals surface area contributed by atoms with Gasteiger partial charge in [0, 0.05) is 11.6 Å². The first-order valence-corrected chi connectivity index (χ1v) is 7.98. The summed E-state index contributed by atoms with van der Waals surface area (Å²) in [7, 11) is 0. The molecule has 0 radical (unpaired) electrons. The highest BCUT2D eigenvalue weighted by Gasteiger charge is 2.24. The van der Waals surface area contributed by atoms with Crippen LogP contribution in [-0.2, 0) is 4.74 Å². The van der Waals surface area contributed by atoms with E-state index in [0.717, 1.165) is 25.7 Å². The average molecular weight is 305 g/mol. The van der Waals surface area contributed by atoms with Gasteiger partial charge in [0.05, 0.1) is 12.2 Å². The summed E-state index contributed by atoms with van der Waals surface area (Å²) in [5.41, 5.74) is 0.616.